The van der Waals surface area contributed by atoms with Gasteiger partial charge in [-0.15, -0.1) is 5.53 Å². The van der Waals surface area contributed by atoms with Crippen LogP contribution in [0.1, 0.15) is 42.6 Å². The molecule has 31 heavy (non-hydrogen) atoms. The minimum atomic E-state index is -0.0433. The molecule has 1 unspecified atom stereocenters. The molecule has 3 aliphatic rings. The predicted molar refractivity (Wildman–Crippen MR) is 126 cm³/mol. The standard InChI is InChI=1S/C25H29ClN4O/c1-17-25-22-8-7-19(18-9-12-28(2)13-10-18)15-23(22)24(11-14-30(25)27-29(17)3)31-21-6-4-5-20(26)16-21/h4-9,15-16,24,27H,10-14H2,1-3H3. The molecule has 5 nitrogen and oxygen atoms in total. The first-order valence-electron chi connectivity index (χ1n) is 10.9. The summed E-state index contributed by atoms with van der Waals surface area (Å²) in [5, 5.41) is 5.02. The molecular weight excluding hydrogens is 408 g/mol. The van der Waals surface area contributed by atoms with Gasteiger partial charge in [-0.3, -0.25) is 10.0 Å². The van der Waals surface area contributed by atoms with Crippen molar-refractivity contribution < 1.29 is 4.74 Å². The molecule has 0 spiro atoms. The summed E-state index contributed by atoms with van der Waals surface area (Å²) in [4.78, 5) is 2.35. The van der Waals surface area contributed by atoms with Crippen LogP contribution in [-0.2, 0) is 0 Å². The van der Waals surface area contributed by atoms with Gasteiger partial charge in [0, 0.05) is 49.3 Å². The van der Waals surface area contributed by atoms with Gasteiger partial charge in [-0.05, 0) is 55.8 Å². The van der Waals surface area contributed by atoms with Crippen LogP contribution in [0.2, 0.25) is 5.02 Å². The Morgan fingerprint density at radius 2 is 1.97 bits per heavy atom. The van der Waals surface area contributed by atoms with Crippen molar-refractivity contribution in [2.45, 2.75) is 25.9 Å². The van der Waals surface area contributed by atoms with E-state index in [1.54, 1.807) is 0 Å². The van der Waals surface area contributed by atoms with Crippen molar-refractivity contribution >= 4 is 22.9 Å². The van der Waals surface area contributed by atoms with E-state index in [1.165, 1.54) is 33.7 Å². The van der Waals surface area contributed by atoms with Gasteiger partial charge in [-0.2, -0.15) is 0 Å². The molecule has 0 saturated carbocycles. The number of fused-ring (bicyclic) bond motifs is 3. The van der Waals surface area contributed by atoms with Gasteiger partial charge in [-0.25, -0.2) is 0 Å². The fourth-order valence-corrected chi connectivity index (χ4v) is 4.85. The second-order valence-corrected chi connectivity index (χ2v) is 9.08. The Hall–Kier alpha value is -2.47. The summed E-state index contributed by atoms with van der Waals surface area (Å²) in [6, 6.07) is 14.6. The van der Waals surface area contributed by atoms with Crippen LogP contribution in [0.3, 0.4) is 0 Å². The summed E-state index contributed by atoms with van der Waals surface area (Å²) < 4.78 is 6.53. The highest BCUT2D eigenvalue weighted by Gasteiger charge is 2.33. The SMILES string of the molecule is CC1=C2c3ccc(C4=CCN(C)CC4)cc3C(Oc3cccc(Cl)c3)CCN2NN1C. The summed E-state index contributed by atoms with van der Waals surface area (Å²) in [5.74, 6) is 0.810. The number of hydrazine groups is 2. The van der Waals surface area contributed by atoms with Crippen molar-refractivity contribution in [1.29, 1.82) is 0 Å². The number of nitrogens with zero attached hydrogens (tertiary/aromatic N) is 3. The van der Waals surface area contributed by atoms with Gasteiger partial charge in [0.05, 0.1) is 11.4 Å². The number of hydrogen-bond donors (Lipinski definition) is 1. The lowest BCUT2D eigenvalue weighted by atomic mass is 9.91. The molecule has 6 heteroatoms. The van der Waals surface area contributed by atoms with Crippen LogP contribution >= 0.6 is 11.6 Å². The van der Waals surface area contributed by atoms with E-state index in [4.69, 9.17) is 16.3 Å². The molecule has 0 amide bonds. The zero-order chi connectivity index (χ0) is 21.5. The average Bonchev–Trinajstić information content (AvgIpc) is 2.95. The van der Waals surface area contributed by atoms with E-state index in [1.807, 2.05) is 24.3 Å². The number of hydrogen-bond acceptors (Lipinski definition) is 5. The van der Waals surface area contributed by atoms with Crippen molar-refractivity contribution in [2.24, 2.45) is 0 Å². The largest absolute Gasteiger partial charge is 0.486 e. The third kappa shape index (κ3) is 3.93. The molecule has 1 atom stereocenters. The quantitative estimate of drug-likeness (QED) is 0.736. The van der Waals surface area contributed by atoms with Crippen LogP contribution in [0.15, 0.2) is 54.2 Å². The van der Waals surface area contributed by atoms with E-state index in [2.05, 4.69) is 65.7 Å². The van der Waals surface area contributed by atoms with E-state index >= 15 is 0 Å². The van der Waals surface area contributed by atoms with Gasteiger partial charge in [0.2, 0.25) is 0 Å². The summed E-state index contributed by atoms with van der Waals surface area (Å²) >= 11 is 6.22. The second kappa shape index (κ2) is 8.23. The van der Waals surface area contributed by atoms with Crippen molar-refractivity contribution in [3.63, 3.8) is 0 Å². The summed E-state index contributed by atoms with van der Waals surface area (Å²) in [6.45, 7) is 5.12. The topological polar surface area (TPSA) is 31.0 Å². The first-order chi connectivity index (χ1) is 15.0. The van der Waals surface area contributed by atoms with Crippen LogP contribution in [0.5, 0.6) is 5.75 Å². The normalized spacial score (nSPS) is 21.5. The number of benzene rings is 2. The molecule has 0 saturated heterocycles. The third-order valence-corrected chi connectivity index (χ3v) is 6.75. The minimum absolute atomic E-state index is 0.0433. The number of ether oxygens (including phenoxy) is 1. The van der Waals surface area contributed by atoms with Crippen molar-refractivity contribution in [3.05, 3.63) is 76.0 Å². The highest BCUT2D eigenvalue weighted by molar-refractivity contribution is 6.30. The average molecular weight is 437 g/mol. The van der Waals surface area contributed by atoms with Gasteiger partial charge >= 0.3 is 0 Å². The zero-order valence-electron chi connectivity index (χ0n) is 18.4. The lowest BCUT2D eigenvalue weighted by Gasteiger charge is -2.24. The van der Waals surface area contributed by atoms with Gasteiger partial charge in [-0.1, -0.05) is 35.9 Å². The lowest BCUT2D eigenvalue weighted by Crippen LogP contribution is -2.39. The Morgan fingerprint density at radius 1 is 1.10 bits per heavy atom. The van der Waals surface area contributed by atoms with Gasteiger partial charge in [0.25, 0.3) is 0 Å². The van der Waals surface area contributed by atoms with Crippen LogP contribution in [0, 0.1) is 0 Å². The number of likely N-dealkylation sites (N-methyl/N-ethyl adjacent to an activating group) is 1. The fraction of sp³-hybridized carbons (Fsp3) is 0.360. The second-order valence-electron chi connectivity index (χ2n) is 8.64. The Kier molecular flexibility index (Phi) is 5.42. The highest BCUT2D eigenvalue weighted by Crippen LogP contribution is 2.40. The molecule has 0 bridgehead atoms. The molecule has 3 aliphatic heterocycles. The maximum Gasteiger partial charge on any atom is 0.126 e. The van der Waals surface area contributed by atoms with Gasteiger partial charge in [0.15, 0.2) is 0 Å². The van der Waals surface area contributed by atoms with Crippen molar-refractivity contribution in [3.8, 4) is 5.75 Å². The van der Waals surface area contributed by atoms with E-state index in [0.29, 0.717) is 5.02 Å². The first-order valence-corrected chi connectivity index (χ1v) is 11.3. The van der Waals surface area contributed by atoms with Crippen LogP contribution < -0.4 is 10.3 Å². The zero-order valence-corrected chi connectivity index (χ0v) is 19.1. The Bertz CT molecular complexity index is 1060. The van der Waals surface area contributed by atoms with E-state index in [0.717, 1.165) is 38.2 Å². The number of halogens is 1. The summed E-state index contributed by atoms with van der Waals surface area (Å²) in [7, 11) is 4.24. The third-order valence-electron chi connectivity index (χ3n) is 6.51. The van der Waals surface area contributed by atoms with E-state index in [9.17, 15) is 0 Å². The van der Waals surface area contributed by atoms with Crippen LogP contribution in [0.4, 0.5) is 0 Å². The fourth-order valence-electron chi connectivity index (χ4n) is 4.67. The first kappa shape index (κ1) is 20.4. The van der Waals surface area contributed by atoms with Gasteiger partial charge < -0.3 is 9.64 Å². The maximum atomic E-state index is 6.53. The number of allylic oxidation sites excluding steroid dienone is 1. The predicted octanol–water partition coefficient (Wildman–Crippen LogP) is 4.94. The lowest BCUT2D eigenvalue weighted by molar-refractivity contribution is 0.133. The molecule has 3 heterocycles. The molecule has 0 radical (unpaired) electrons. The van der Waals surface area contributed by atoms with Crippen LogP contribution in [-0.4, -0.2) is 48.6 Å². The van der Waals surface area contributed by atoms with Crippen LogP contribution in [0.25, 0.3) is 11.3 Å². The maximum absolute atomic E-state index is 6.53. The molecule has 0 fully saturated rings. The summed E-state index contributed by atoms with van der Waals surface area (Å²) in [6.07, 6.45) is 4.27. The van der Waals surface area contributed by atoms with E-state index < -0.39 is 0 Å². The molecule has 2 aromatic rings. The Balaban J connectivity index is 1.59. The molecule has 0 aromatic heterocycles. The monoisotopic (exact) mass is 436 g/mol. The molecule has 1 N–H and O–H groups in total. The number of rotatable bonds is 3. The van der Waals surface area contributed by atoms with Crippen molar-refractivity contribution in [1.82, 2.24) is 20.5 Å². The molecule has 5 rings (SSSR count). The Labute approximate surface area is 189 Å². The minimum Gasteiger partial charge on any atom is -0.486 e. The van der Waals surface area contributed by atoms with Gasteiger partial charge in [0.1, 0.15) is 11.9 Å². The summed E-state index contributed by atoms with van der Waals surface area (Å²) in [5.41, 5.74) is 11.1. The molecular formula is C25H29ClN4O. The Morgan fingerprint density at radius 3 is 2.74 bits per heavy atom. The number of nitrogens with one attached hydrogen (secondary N) is 1. The van der Waals surface area contributed by atoms with E-state index in [-0.39, 0.29) is 6.10 Å². The highest BCUT2D eigenvalue weighted by atomic mass is 35.5. The smallest absolute Gasteiger partial charge is 0.126 e. The van der Waals surface area contributed by atoms with Crippen molar-refractivity contribution in [2.75, 3.05) is 33.7 Å². The molecule has 0 aliphatic carbocycles. The molecule has 2 aromatic carbocycles. The molecule has 162 valence electrons.